The van der Waals surface area contributed by atoms with Crippen molar-refractivity contribution < 1.29 is 79.0 Å². The highest BCUT2D eigenvalue weighted by Gasteiger charge is 2.43. The average Bonchev–Trinajstić information content (AvgIpc) is 3.23. The molecule has 2 rings (SSSR count). The predicted molar refractivity (Wildman–Crippen MR) is 140 cm³/mol. The summed E-state index contributed by atoms with van der Waals surface area (Å²) in [5.41, 5.74) is -2.11. The first-order valence-electron chi connectivity index (χ1n) is 12.7. The van der Waals surface area contributed by atoms with Gasteiger partial charge in [0.1, 0.15) is 12.3 Å². The zero-order valence-corrected chi connectivity index (χ0v) is 25.5. The summed E-state index contributed by atoms with van der Waals surface area (Å²) < 4.78 is 88.1. The van der Waals surface area contributed by atoms with Gasteiger partial charge < -0.3 is 40.1 Å². The smallest absolute Gasteiger partial charge is 0.390 e. The van der Waals surface area contributed by atoms with Crippen LogP contribution in [0.3, 0.4) is 0 Å². The number of aliphatic hydroxyl groups excluding tert-OH is 1. The Kier molecular flexibility index (Phi) is 13.9. The van der Waals surface area contributed by atoms with E-state index in [1.807, 2.05) is 4.98 Å². The van der Waals surface area contributed by atoms with Gasteiger partial charge in [0.2, 0.25) is 5.91 Å². The van der Waals surface area contributed by atoms with Gasteiger partial charge in [-0.1, -0.05) is 12.8 Å². The molecule has 8 N–H and O–H groups in total. The highest BCUT2D eigenvalue weighted by molar-refractivity contribution is 7.66. The number of nitrogens with one attached hydrogen (secondary N) is 3. The number of hydrogen-bond donors (Lipinski definition) is 8. The van der Waals surface area contributed by atoms with Crippen LogP contribution >= 0.6 is 23.5 Å². The summed E-state index contributed by atoms with van der Waals surface area (Å²) in [6.45, 7) is -1.02. The number of alkyl halides is 3. The van der Waals surface area contributed by atoms with Crippen LogP contribution in [0, 0.1) is 0 Å². The molecule has 0 saturated carbocycles. The van der Waals surface area contributed by atoms with E-state index in [9.17, 15) is 60.9 Å². The predicted octanol–water partition coefficient (Wildman–Crippen LogP) is -0.574. The Morgan fingerprint density at radius 2 is 1.60 bits per heavy atom. The van der Waals surface area contributed by atoms with Crippen molar-refractivity contribution in [3.63, 3.8) is 0 Å². The summed E-state index contributed by atoms with van der Waals surface area (Å²) in [7, 11) is -16.9. The van der Waals surface area contributed by atoms with Gasteiger partial charge >= 0.3 is 41.2 Å². The molecule has 2 unspecified atom stereocenters. The van der Waals surface area contributed by atoms with Crippen LogP contribution < -0.4 is 21.9 Å². The van der Waals surface area contributed by atoms with E-state index in [0.29, 0.717) is 19.3 Å². The van der Waals surface area contributed by atoms with Gasteiger partial charge in [0.05, 0.1) is 19.1 Å². The van der Waals surface area contributed by atoms with Gasteiger partial charge in [-0.25, -0.2) is 18.5 Å². The summed E-state index contributed by atoms with van der Waals surface area (Å²) in [6, 6.07) is 0. The van der Waals surface area contributed by atoms with Crippen LogP contribution in [0.15, 0.2) is 15.8 Å². The lowest BCUT2D eigenvalue weighted by Crippen LogP contribution is -2.37. The van der Waals surface area contributed by atoms with Crippen LogP contribution in [0.1, 0.15) is 43.9 Å². The number of nitrogens with zero attached hydrogens (tertiary/aromatic N) is 1. The number of amides is 2. The minimum absolute atomic E-state index is 0.153. The number of ether oxygens (including phenoxy) is 1. The van der Waals surface area contributed by atoms with Crippen molar-refractivity contribution in [2.24, 2.45) is 0 Å². The minimum Gasteiger partial charge on any atom is -0.390 e. The summed E-state index contributed by atoms with van der Waals surface area (Å²) in [5, 5.41) is 14.5. The molecule has 0 aliphatic carbocycles. The van der Waals surface area contributed by atoms with Gasteiger partial charge in [-0.2, -0.15) is 21.8 Å². The normalized spacial score (nSPS) is 21.6. The van der Waals surface area contributed by atoms with Crippen molar-refractivity contribution in [2.45, 2.75) is 63.1 Å². The molecule has 1 aromatic rings. The Morgan fingerprint density at radius 3 is 2.18 bits per heavy atom. The first kappa shape index (κ1) is 38.9. The quantitative estimate of drug-likeness (QED) is 0.0738. The molecular formula is C19H30F3N4O16P3. The fraction of sp³-hybridized carbons (Fsp3) is 0.684. The fourth-order valence-corrected chi connectivity index (χ4v) is 6.77. The summed E-state index contributed by atoms with van der Waals surface area (Å²) in [4.78, 5) is 85.4. The number of carbonyl (C=O) groups is 2. The van der Waals surface area contributed by atoms with Crippen molar-refractivity contribution in [3.05, 3.63) is 32.6 Å². The number of phosphoric ester groups is 1. The Bertz CT molecular complexity index is 1460. The van der Waals surface area contributed by atoms with E-state index in [-0.39, 0.29) is 31.5 Å². The molecule has 45 heavy (non-hydrogen) atoms. The first-order chi connectivity index (χ1) is 20.6. The number of carbonyl (C=O) groups excluding carboxylic acids is 2. The molecule has 26 heteroatoms. The lowest BCUT2D eigenvalue weighted by atomic mass is 10.2. The third kappa shape index (κ3) is 14.0. The van der Waals surface area contributed by atoms with E-state index in [0.717, 1.165) is 10.8 Å². The van der Waals surface area contributed by atoms with E-state index in [2.05, 4.69) is 18.5 Å². The van der Waals surface area contributed by atoms with Crippen molar-refractivity contribution >= 4 is 35.3 Å². The second-order valence-corrected chi connectivity index (χ2v) is 13.8. The molecule has 20 nitrogen and oxygen atoms in total. The average molecular weight is 720 g/mol. The second-order valence-electron chi connectivity index (χ2n) is 9.33. The molecule has 1 aliphatic rings. The molecule has 0 aromatic carbocycles. The maximum Gasteiger partial charge on any atom is 0.490 e. The topological polar surface area (TPSA) is 302 Å². The Hall–Kier alpha value is -2.26. The highest BCUT2D eigenvalue weighted by Crippen LogP contribution is 2.66. The lowest BCUT2D eigenvalue weighted by molar-refractivity contribution is -0.173. The number of phosphoric acid groups is 3. The summed E-state index contributed by atoms with van der Waals surface area (Å²) in [6.07, 6.45) is -7.37. The van der Waals surface area contributed by atoms with E-state index >= 15 is 0 Å². The van der Waals surface area contributed by atoms with Crippen LogP contribution in [-0.4, -0.2) is 84.1 Å². The molecule has 2 heterocycles. The molecular weight excluding hydrogens is 690 g/mol. The van der Waals surface area contributed by atoms with Crippen LogP contribution in [0.2, 0.25) is 0 Å². The van der Waals surface area contributed by atoms with Crippen molar-refractivity contribution in [1.29, 1.82) is 0 Å². The Balaban J connectivity index is 1.87. The summed E-state index contributed by atoms with van der Waals surface area (Å²) in [5.74, 6) is -2.65. The van der Waals surface area contributed by atoms with E-state index < -0.39 is 84.2 Å². The molecule has 0 spiro atoms. The van der Waals surface area contributed by atoms with Crippen molar-refractivity contribution in [3.8, 4) is 0 Å². The van der Waals surface area contributed by atoms with Crippen LogP contribution in [0.25, 0.3) is 0 Å². The number of rotatable bonds is 17. The van der Waals surface area contributed by atoms with Crippen molar-refractivity contribution in [2.75, 3.05) is 19.7 Å². The third-order valence-corrected chi connectivity index (χ3v) is 9.50. The lowest BCUT2D eigenvalue weighted by Gasteiger charge is -2.19. The van der Waals surface area contributed by atoms with Crippen LogP contribution in [0.5, 0.6) is 0 Å². The molecule has 0 radical (unpaired) electrons. The molecule has 1 aliphatic heterocycles. The molecule has 1 saturated heterocycles. The number of unbranched alkanes of at least 4 members (excludes halogenated alkanes) is 3. The van der Waals surface area contributed by atoms with Gasteiger partial charge in [-0.3, -0.25) is 28.5 Å². The van der Waals surface area contributed by atoms with Crippen molar-refractivity contribution in [1.82, 2.24) is 20.2 Å². The number of aromatic nitrogens is 2. The van der Waals surface area contributed by atoms with Gasteiger partial charge in [-0.15, -0.1) is 0 Å². The number of aromatic amines is 1. The fourth-order valence-electron chi connectivity index (χ4n) is 3.74. The standard InChI is InChI=1S/C19H30F3N4O16P3/c20-19(21,22)17(30)24-6-4-2-1-3-5-23-14(28)7-11-9-26(18(31)25-16(11)29)15-8-12(27)13(40-15)10-39-44(35,36)42-45(37,38)41-43(32,33)34/h9,12-13,15,27H,1-8,10H2,(H,23,28)(H,24,30)(H,35,36)(H,37,38)(H,25,29,31)(H2,32,33,34)/t12-,13+,15+/m0/s1. The van der Waals surface area contributed by atoms with E-state index in [1.54, 1.807) is 5.32 Å². The van der Waals surface area contributed by atoms with E-state index in [4.69, 9.17) is 14.5 Å². The molecule has 2 amide bonds. The Morgan fingerprint density at radius 1 is 1.00 bits per heavy atom. The van der Waals surface area contributed by atoms with E-state index in [1.165, 1.54) is 0 Å². The SMILES string of the molecule is O=C(Cc1cn([C@H]2C[C@H](O)[C@@H](COP(=O)(O)OP(=O)(O)OP(=O)(O)O)O2)c(=O)[nH]c1=O)NCCCCCCNC(=O)C(F)(F)F. The zero-order chi connectivity index (χ0) is 34.2. The molecule has 1 fully saturated rings. The van der Waals surface area contributed by atoms with Gasteiger partial charge in [-0.05, 0) is 12.8 Å². The first-order valence-corrected chi connectivity index (χ1v) is 17.2. The number of aliphatic hydroxyl groups is 1. The third-order valence-electron chi connectivity index (χ3n) is 5.69. The largest absolute Gasteiger partial charge is 0.490 e. The maximum atomic E-state index is 12.4. The molecule has 0 bridgehead atoms. The van der Waals surface area contributed by atoms with Crippen LogP contribution in [-0.2, 0) is 47.6 Å². The monoisotopic (exact) mass is 720 g/mol. The number of hydrogen-bond acceptors (Lipinski definition) is 12. The summed E-state index contributed by atoms with van der Waals surface area (Å²) >= 11 is 0. The van der Waals surface area contributed by atoms with Gasteiger partial charge in [0, 0.05) is 31.3 Å². The molecule has 5 atom stereocenters. The zero-order valence-electron chi connectivity index (χ0n) is 22.8. The second kappa shape index (κ2) is 16.0. The maximum absolute atomic E-state index is 12.4. The van der Waals surface area contributed by atoms with Gasteiger partial charge in [0.25, 0.3) is 5.56 Å². The van der Waals surface area contributed by atoms with Crippen LogP contribution in [0.4, 0.5) is 13.2 Å². The highest BCUT2D eigenvalue weighted by atomic mass is 31.3. The Labute approximate surface area is 250 Å². The number of H-pyrrole nitrogens is 1. The number of halogens is 3. The molecule has 258 valence electrons. The van der Waals surface area contributed by atoms with Gasteiger partial charge in [0.15, 0.2) is 0 Å². The minimum atomic E-state index is -5.78. The molecule has 1 aromatic heterocycles.